The predicted molar refractivity (Wildman–Crippen MR) is 77.8 cm³/mol. The van der Waals surface area contributed by atoms with Crippen LogP contribution in [-0.2, 0) is 0 Å². The molecular weight excluding hydrogens is 290 g/mol. The third kappa shape index (κ3) is 2.68. The summed E-state index contributed by atoms with van der Waals surface area (Å²) < 4.78 is 6.62. The van der Waals surface area contributed by atoms with E-state index in [2.05, 4.69) is 60.2 Å². The van der Waals surface area contributed by atoms with Crippen molar-refractivity contribution < 1.29 is 4.42 Å². The summed E-state index contributed by atoms with van der Waals surface area (Å²) in [5.74, 6) is 0.934. The Balaban J connectivity index is 2.45. The number of aryl methyl sites for hydroxylation is 2. The molecule has 1 unspecified atom stereocenters. The van der Waals surface area contributed by atoms with Crippen LogP contribution in [0.2, 0.25) is 0 Å². The lowest BCUT2D eigenvalue weighted by atomic mass is 9.97. The molecule has 0 fully saturated rings. The molecule has 1 N–H and O–H groups in total. The fourth-order valence-corrected chi connectivity index (χ4v) is 2.64. The molecule has 0 bridgehead atoms. The first-order chi connectivity index (χ1) is 8.63. The third-order valence-electron chi connectivity index (χ3n) is 3.05. The molecule has 0 saturated carbocycles. The van der Waals surface area contributed by atoms with Gasteiger partial charge < -0.3 is 9.73 Å². The summed E-state index contributed by atoms with van der Waals surface area (Å²) in [4.78, 5) is 0. The van der Waals surface area contributed by atoms with Crippen LogP contribution in [0.4, 0.5) is 0 Å². The molecule has 0 amide bonds. The second-order valence-electron chi connectivity index (χ2n) is 4.48. The maximum Gasteiger partial charge on any atom is 0.139 e. The van der Waals surface area contributed by atoms with Crippen LogP contribution in [0.15, 0.2) is 39.4 Å². The maximum atomic E-state index is 5.61. The Morgan fingerprint density at radius 2 is 2.06 bits per heavy atom. The van der Waals surface area contributed by atoms with Crippen LogP contribution in [0.3, 0.4) is 0 Å². The molecule has 0 aliphatic rings. The molecule has 2 nitrogen and oxygen atoms in total. The lowest BCUT2D eigenvalue weighted by Gasteiger charge is -2.19. The Morgan fingerprint density at radius 3 is 2.61 bits per heavy atom. The van der Waals surface area contributed by atoms with Crippen molar-refractivity contribution in [3.63, 3.8) is 0 Å². The SMILES string of the molecule is CCNC(c1ccc(C)cc1C)c1occc1Br. The van der Waals surface area contributed by atoms with Gasteiger partial charge in [0.05, 0.1) is 16.8 Å². The first kappa shape index (κ1) is 13.4. The van der Waals surface area contributed by atoms with Gasteiger partial charge in [-0.2, -0.15) is 0 Å². The highest BCUT2D eigenvalue weighted by Gasteiger charge is 2.20. The van der Waals surface area contributed by atoms with Gasteiger partial charge in [-0.1, -0.05) is 30.7 Å². The van der Waals surface area contributed by atoms with E-state index < -0.39 is 0 Å². The first-order valence-electron chi connectivity index (χ1n) is 6.17. The van der Waals surface area contributed by atoms with E-state index in [0.717, 1.165) is 16.8 Å². The average molecular weight is 308 g/mol. The number of halogens is 1. The van der Waals surface area contributed by atoms with Crippen molar-refractivity contribution >= 4 is 15.9 Å². The van der Waals surface area contributed by atoms with E-state index in [4.69, 9.17) is 4.42 Å². The Hall–Kier alpha value is -1.06. The van der Waals surface area contributed by atoms with E-state index in [1.165, 1.54) is 16.7 Å². The lowest BCUT2D eigenvalue weighted by molar-refractivity contribution is 0.449. The molecule has 3 heteroatoms. The maximum absolute atomic E-state index is 5.61. The highest BCUT2D eigenvalue weighted by Crippen LogP contribution is 2.31. The molecular formula is C15H18BrNO. The summed E-state index contributed by atoms with van der Waals surface area (Å²) in [5.41, 5.74) is 3.83. The van der Waals surface area contributed by atoms with Crippen LogP contribution >= 0.6 is 15.9 Å². The van der Waals surface area contributed by atoms with Crippen molar-refractivity contribution in [3.8, 4) is 0 Å². The smallest absolute Gasteiger partial charge is 0.139 e. The van der Waals surface area contributed by atoms with Crippen molar-refractivity contribution in [2.45, 2.75) is 26.8 Å². The molecule has 2 rings (SSSR count). The minimum Gasteiger partial charge on any atom is -0.466 e. The van der Waals surface area contributed by atoms with E-state index in [9.17, 15) is 0 Å². The van der Waals surface area contributed by atoms with Gasteiger partial charge >= 0.3 is 0 Å². The van der Waals surface area contributed by atoms with Crippen molar-refractivity contribution in [3.05, 3.63) is 57.5 Å². The monoisotopic (exact) mass is 307 g/mol. The predicted octanol–water partition coefficient (Wildman–Crippen LogP) is 4.36. The molecule has 0 aliphatic carbocycles. The normalized spacial score (nSPS) is 12.7. The zero-order valence-corrected chi connectivity index (χ0v) is 12.5. The zero-order chi connectivity index (χ0) is 13.1. The van der Waals surface area contributed by atoms with Crippen molar-refractivity contribution in [2.75, 3.05) is 6.54 Å². The number of benzene rings is 1. The molecule has 96 valence electrons. The summed E-state index contributed by atoms with van der Waals surface area (Å²) in [7, 11) is 0. The van der Waals surface area contributed by atoms with Gasteiger partial charge in [-0.3, -0.25) is 0 Å². The van der Waals surface area contributed by atoms with Gasteiger partial charge in [-0.05, 0) is 53.5 Å². The molecule has 0 saturated heterocycles. The largest absolute Gasteiger partial charge is 0.466 e. The molecule has 2 aromatic rings. The topological polar surface area (TPSA) is 25.2 Å². The van der Waals surface area contributed by atoms with E-state index in [1.54, 1.807) is 6.26 Å². The van der Waals surface area contributed by atoms with E-state index in [0.29, 0.717) is 0 Å². The quantitative estimate of drug-likeness (QED) is 0.908. The van der Waals surface area contributed by atoms with Crippen molar-refractivity contribution in [1.29, 1.82) is 0 Å². The Morgan fingerprint density at radius 1 is 1.28 bits per heavy atom. The van der Waals surface area contributed by atoms with E-state index >= 15 is 0 Å². The van der Waals surface area contributed by atoms with Gasteiger partial charge in [0.25, 0.3) is 0 Å². The van der Waals surface area contributed by atoms with Gasteiger partial charge in [0.1, 0.15) is 5.76 Å². The lowest BCUT2D eigenvalue weighted by Crippen LogP contribution is -2.22. The zero-order valence-electron chi connectivity index (χ0n) is 11.0. The Labute approximate surface area is 117 Å². The molecule has 1 atom stereocenters. The number of furan rings is 1. The van der Waals surface area contributed by atoms with Gasteiger partial charge in [-0.25, -0.2) is 0 Å². The second-order valence-corrected chi connectivity index (χ2v) is 5.34. The Kier molecular flexibility index (Phi) is 4.25. The molecule has 0 radical (unpaired) electrons. The van der Waals surface area contributed by atoms with Gasteiger partial charge in [0.15, 0.2) is 0 Å². The number of hydrogen-bond donors (Lipinski definition) is 1. The second kappa shape index (κ2) is 5.72. The summed E-state index contributed by atoms with van der Waals surface area (Å²) in [6, 6.07) is 8.55. The van der Waals surface area contributed by atoms with Crippen LogP contribution in [0.5, 0.6) is 0 Å². The minimum atomic E-state index is 0.0972. The summed E-state index contributed by atoms with van der Waals surface area (Å²) >= 11 is 3.54. The van der Waals surface area contributed by atoms with E-state index in [1.807, 2.05) is 6.07 Å². The van der Waals surface area contributed by atoms with Gasteiger partial charge in [0.2, 0.25) is 0 Å². The average Bonchev–Trinajstić information content (AvgIpc) is 2.73. The first-order valence-corrected chi connectivity index (χ1v) is 6.96. The third-order valence-corrected chi connectivity index (χ3v) is 3.71. The molecule has 0 spiro atoms. The van der Waals surface area contributed by atoms with Crippen LogP contribution in [0.1, 0.15) is 35.4 Å². The van der Waals surface area contributed by atoms with E-state index in [-0.39, 0.29) is 6.04 Å². The fourth-order valence-electron chi connectivity index (χ4n) is 2.21. The number of nitrogens with one attached hydrogen (secondary N) is 1. The summed E-state index contributed by atoms with van der Waals surface area (Å²) in [5, 5.41) is 3.48. The summed E-state index contributed by atoms with van der Waals surface area (Å²) in [6.45, 7) is 7.25. The van der Waals surface area contributed by atoms with Crippen molar-refractivity contribution in [1.82, 2.24) is 5.32 Å². The standard InChI is InChI=1S/C15H18BrNO/c1-4-17-14(15-13(16)7-8-18-15)12-6-5-10(2)9-11(12)3/h5-9,14,17H,4H2,1-3H3. The molecule has 0 aliphatic heterocycles. The van der Waals surface area contributed by atoms with Crippen LogP contribution in [0, 0.1) is 13.8 Å². The molecule has 1 aromatic carbocycles. The van der Waals surface area contributed by atoms with Crippen LogP contribution in [0.25, 0.3) is 0 Å². The minimum absolute atomic E-state index is 0.0972. The molecule has 18 heavy (non-hydrogen) atoms. The fraction of sp³-hybridized carbons (Fsp3) is 0.333. The molecule has 1 heterocycles. The van der Waals surface area contributed by atoms with Crippen molar-refractivity contribution in [2.24, 2.45) is 0 Å². The van der Waals surface area contributed by atoms with Gasteiger partial charge in [0, 0.05) is 0 Å². The van der Waals surface area contributed by atoms with Crippen LogP contribution in [-0.4, -0.2) is 6.54 Å². The van der Waals surface area contributed by atoms with Crippen LogP contribution < -0.4 is 5.32 Å². The Bertz CT molecular complexity index is 533. The summed E-state index contributed by atoms with van der Waals surface area (Å²) in [6.07, 6.45) is 1.72. The molecule has 1 aromatic heterocycles. The highest BCUT2D eigenvalue weighted by atomic mass is 79.9. The number of rotatable bonds is 4. The van der Waals surface area contributed by atoms with Gasteiger partial charge in [-0.15, -0.1) is 0 Å². The highest BCUT2D eigenvalue weighted by molar-refractivity contribution is 9.10. The number of hydrogen-bond acceptors (Lipinski definition) is 2.